The van der Waals surface area contributed by atoms with Gasteiger partial charge in [-0.2, -0.15) is 0 Å². The third kappa shape index (κ3) is 5.48. The van der Waals surface area contributed by atoms with Crippen molar-refractivity contribution in [3.8, 4) is 5.75 Å². The first-order valence-corrected chi connectivity index (χ1v) is 9.32. The third-order valence-electron chi connectivity index (χ3n) is 4.25. The van der Waals surface area contributed by atoms with Gasteiger partial charge in [0.15, 0.2) is 5.96 Å². The lowest BCUT2D eigenvalue weighted by Crippen LogP contribution is -2.39. The Morgan fingerprint density at radius 3 is 2.70 bits per heavy atom. The van der Waals surface area contributed by atoms with E-state index in [1.807, 2.05) is 42.6 Å². The van der Waals surface area contributed by atoms with Gasteiger partial charge in [0.1, 0.15) is 11.4 Å². The van der Waals surface area contributed by atoms with Crippen LogP contribution in [0, 0.1) is 6.92 Å². The van der Waals surface area contributed by atoms with Crippen LogP contribution in [-0.4, -0.2) is 42.1 Å². The molecule has 0 aliphatic rings. The Kier molecular flexibility index (Phi) is 6.68. The largest absolute Gasteiger partial charge is 0.494 e. The highest BCUT2D eigenvalue weighted by molar-refractivity contribution is 5.79. The second-order valence-corrected chi connectivity index (χ2v) is 6.35. The smallest absolute Gasteiger partial charge is 0.190 e. The summed E-state index contributed by atoms with van der Waals surface area (Å²) in [7, 11) is 1.78. The summed E-state index contributed by atoms with van der Waals surface area (Å²) in [5, 5.41) is 6.65. The first kappa shape index (κ1) is 18.8. The fourth-order valence-corrected chi connectivity index (χ4v) is 2.84. The molecular weight excluding hydrogens is 338 g/mol. The molecule has 0 spiro atoms. The van der Waals surface area contributed by atoms with E-state index in [1.165, 1.54) is 5.56 Å². The molecule has 0 radical (unpaired) electrons. The molecule has 2 N–H and O–H groups in total. The predicted molar refractivity (Wildman–Crippen MR) is 110 cm³/mol. The number of aromatic nitrogens is 2. The number of hydrogen-bond donors (Lipinski definition) is 2. The molecule has 0 saturated heterocycles. The molecule has 1 aromatic carbocycles. The first-order chi connectivity index (χ1) is 13.3. The van der Waals surface area contributed by atoms with Crippen molar-refractivity contribution in [3.63, 3.8) is 0 Å². The van der Waals surface area contributed by atoms with Gasteiger partial charge in [-0.1, -0.05) is 24.3 Å². The number of aryl methyl sites for hydroxylation is 1. The molecule has 6 nitrogen and oxygen atoms in total. The summed E-state index contributed by atoms with van der Waals surface area (Å²) < 4.78 is 7.76. The molecule has 0 fully saturated rings. The van der Waals surface area contributed by atoms with Gasteiger partial charge in [0.25, 0.3) is 0 Å². The number of aliphatic imine (C=N–C) groups is 1. The van der Waals surface area contributed by atoms with Crippen LogP contribution in [0.1, 0.15) is 17.7 Å². The molecule has 0 aliphatic carbocycles. The normalized spacial score (nSPS) is 11.6. The molecular formula is C21H27N5O. The van der Waals surface area contributed by atoms with Crippen LogP contribution in [0.25, 0.3) is 5.65 Å². The molecule has 0 amide bonds. The third-order valence-corrected chi connectivity index (χ3v) is 4.25. The fourth-order valence-electron chi connectivity index (χ4n) is 2.84. The maximum atomic E-state index is 5.69. The molecule has 6 heteroatoms. The number of nitrogens with one attached hydrogen (secondary N) is 2. The van der Waals surface area contributed by atoms with Crippen molar-refractivity contribution >= 4 is 11.6 Å². The van der Waals surface area contributed by atoms with Crippen LogP contribution < -0.4 is 15.4 Å². The molecule has 0 aliphatic heterocycles. The van der Waals surface area contributed by atoms with Gasteiger partial charge in [-0.15, -0.1) is 0 Å². The lowest BCUT2D eigenvalue weighted by atomic mass is 10.3. The summed E-state index contributed by atoms with van der Waals surface area (Å²) in [5.74, 6) is 1.71. The van der Waals surface area contributed by atoms with Crippen LogP contribution >= 0.6 is 0 Å². The summed E-state index contributed by atoms with van der Waals surface area (Å²) in [4.78, 5) is 8.96. The van der Waals surface area contributed by atoms with E-state index >= 15 is 0 Å². The number of hydrogen-bond acceptors (Lipinski definition) is 3. The number of para-hydroxylation sites is 1. The lowest BCUT2D eigenvalue weighted by Gasteiger charge is -2.11. The van der Waals surface area contributed by atoms with Crippen molar-refractivity contribution in [2.75, 3.05) is 26.7 Å². The van der Waals surface area contributed by atoms with Gasteiger partial charge in [-0.3, -0.25) is 4.99 Å². The predicted octanol–water partition coefficient (Wildman–Crippen LogP) is 2.82. The Bertz CT molecular complexity index is 873. The minimum absolute atomic E-state index is 0.675. The second kappa shape index (κ2) is 9.62. The van der Waals surface area contributed by atoms with Gasteiger partial charge in [0.2, 0.25) is 0 Å². The summed E-state index contributed by atoms with van der Waals surface area (Å²) in [6.07, 6.45) is 5.87. The van der Waals surface area contributed by atoms with Crippen LogP contribution in [0.5, 0.6) is 5.75 Å². The molecule has 0 unspecified atom stereocenters. The number of nitrogens with zero attached hydrogens (tertiary/aromatic N) is 3. The summed E-state index contributed by atoms with van der Waals surface area (Å²) in [6.45, 7) is 4.34. The highest BCUT2D eigenvalue weighted by atomic mass is 16.5. The molecule has 0 bridgehead atoms. The zero-order chi connectivity index (χ0) is 18.9. The Morgan fingerprint density at radius 1 is 1.11 bits per heavy atom. The first-order valence-electron chi connectivity index (χ1n) is 9.32. The van der Waals surface area contributed by atoms with Crippen molar-refractivity contribution in [3.05, 3.63) is 66.1 Å². The van der Waals surface area contributed by atoms with Gasteiger partial charge < -0.3 is 19.8 Å². The Balaban J connectivity index is 1.35. The van der Waals surface area contributed by atoms with Crippen LogP contribution in [-0.2, 0) is 6.42 Å². The Morgan fingerprint density at radius 2 is 1.93 bits per heavy atom. The SMILES string of the molecule is CN=C(NCCCOc1ccccc1)NCCc1cn2cccc(C)c2n1. The molecule has 0 atom stereocenters. The number of imidazole rings is 1. The minimum Gasteiger partial charge on any atom is -0.494 e. The van der Waals surface area contributed by atoms with Gasteiger partial charge in [0, 0.05) is 39.0 Å². The molecule has 3 aromatic rings. The van der Waals surface area contributed by atoms with Crippen molar-refractivity contribution in [1.29, 1.82) is 0 Å². The van der Waals surface area contributed by atoms with Crippen molar-refractivity contribution in [2.24, 2.45) is 4.99 Å². The van der Waals surface area contributed by atoms with Crippen LogP contribution in [0.4, 0.5) is 0 Å². The molecule has 142 valence electrons. The Hall–Kier alpha value is -3.02. The van der Waals surface area contributed by atoms with E-state index in [9.17, 15) is 0 Å². The number of ether oxygens (including phenoxy) is 1. The zero-order valence-electron chi connectivity index (χ0n) is 16.0. The number of fused-ring (bicyclic) bond motifs is 1. The number of guanidine groups is 1. The highest BCUT2D eigenvalue weighted by Gasteiger charge is 2.04. The molecule has 2 heterocycles. The average Bonchev–Trinajstić information content (AvgIpc) is 3.11. The van der Waals surface area contributed by atoms with Crippen LogP contribution in [0.3, 0.4) is 0 Å². The number of rotatable bonds is 8. The number of pyridine rings is 1. The van der Waals surface area contributed by atoms with Gasteiger partial charge in [-0.25, -0.2) is 4.98 Å². The quantitative estimate of drug-likeness (QED) is 0.366. The van der Waals surface area contributed by atoms with E-state index < -0.39 is 0 Å². The van der Waals surface area contributed by atoms with Gasteiger partial charge in [0.05, 0.1) is 12.3 Å². The van der Waals surface area contributed by atoms with Crippen molar-refractivity contribution in [2.45, 2.75) is 19.8 Å². The zero-order valence-corrected chi connectivity index (χ0v) is 16.0. The minimum atomic E-state index is 0.675. The fraction of sp³-hybridized carbons (Fsp3) is 0.333. The average molecular weight is 365 g/mol. The summed E-state index contributed by atoms with van der Waals surface area (Å²) in [6, 6.07) is 14.0. The van der Waals surface area contributed by atoms with Gasteiger partial charge in [-0.05, 0) is 37.1 Å². The Labute approximate surface area is 160 Å². The van der Waals surface area contributed by atoms with E-state index in [0.717, 1.165) is 49.0 Å². The standard InChI is InChI=1S/C21H27N5O/c1-17-8-6-14-26-16-18(25-20(17)26)11-13-24-21(22-2)23-12-7-15-27-19-9-4-3-5-10-19/h3-6,8-10,14,16H,7,11-13,15H2,1-2H3,(H2,22,23,24). The molecule has 0 saturated carbocycles. The monoisotopic (exact) mass is 365 g/mol. The van der Waals surface area contributed by atoms with Gasteiger partial charge >= 0.3 is 0 Å². The van der Waals surface area contributed by atoms with E-state index in [0.29, 0.717) is 6.61 Å². The molecule has 2 aromatic heterocycles. The summed E-state index contributed by atoms with van der Waals surface area (Å²) in [5.41, 5.74) is 3.28. The van der Waals surface area contributed by atoms with Crippen LogP contribution in [0.15, 0.2) is 59.9 Å². The lowest BCUT2D eigenvalue weighted by molar-refractivity contribution is 0.311. The van der Waals surface area contributed by atoms with Crippen molar-refractivity contribution < 1.29 is 4.74 Å². The van der Waals surface area contributed by atoms with E-state index in [-0.39, 0.29) is 0 Å². The maximum Gasteiger partial charge on any atom is 0.190 e. The van der Waals surface area contributed by atoms with E-state index in [2.05, 4.69) is 39.2 Å². The van der Waals surface area contributed by atoms with Crippen molar-refractivity contribution in [1.82, 2.24) is 20.0 Å². The van der Waals surface area contributed by atoms with E-state index in [1.54, 1.807) is 7.05 Å². The van der Waals surface area contributed by atoms with E-state index in [4.69, 9.17) is 9.72 Å². The maximum absolute atomic E-state index is 5.69. The number of benzene rings is 1. The van der Waals surface area contributed by atoms with Crippen LogP contribution in [0.2, 0.25) is 0 Å². The molecule has 27 heavy (non-hydrogen) atoms. The second-order valence-electron chi connectivity index (χ2n) is 6.35. The highest BCUT2D eigenvalue weighted by Crippen LogP contribution is 2.10. The molecule has 3 rings (SSSR count). The summed E-state index contributed by atoms with van der Waals surface area (Å²) >= 11 is 0. The topological polar surface area (TPSA) is 63.0 Å².